The van der Waals surface area contributed by atoms with Crippen LogP contribution >= 0.6 is 0 Å². The Morgan fingerprint density at radius 1 is 1.29 bits per heavy atom. The molecule has 1 fully saturated rings. The molecule has 1 aliphatic heterocycles. The molecule has 2 N–H and O–H groups in total. The second kappa shape index (κ2) is 10.8. The van der Waals surface area contributed by atoms with Gasteiger partial charge in [-0.05, 0) is 83.7 Å². The number of aliphatic imine (C=N–C) groups is 1. The molecule has 1 saturated heterocycles. The van der Waals surface area contributed by atoms with Gasteiger partial charge in [0.25, 0.3) is 0 Å². The number of halogens is 1. The fraction of sp³-hybridized carbons (Fsp3) is 0.583. The lowest BCUT2D eigenvalue weighted by Crippen LogP contribution is -2.39. The number of piperidine rings is 1. The molecule has 1 atom stereocenters. The summed E-state index contributed by atoms with van der Waals surface area (Å²) >= 11 is 0. The van der Waals surface area contributed by atoms with Crippen molar-refractivity contribution in [3.05, 3.63) is 52.5 Å². The smallest absolute Gasteiger partial charge is 0.208 e. The Hall–Kier alpha value is -2.41. The van der Waals surface area contributed by atoms with Gasteiger partial charge in [0.1, 0.15) is 11.6 Å². The van der Waals surface area contributed by atoms with E-state index in [2.05, 4.69) is 27.4 Å². The number of benzene rings is 1. The van der Waals surface area contributed by atoms with Gasteiger partial charge in [-0.15, -0.1) is 0 Å². The van der Waals surface area contributed by atoms with E-state index in [9.17, 15) is 4.39 Å². The Kier molecular flexibility index (Phi) is 8.07. The van der Waals surface area contributed by atoms with Crippen LogP contribution in [0, 0.1) is 32.5 Å². The molecule has 0 saturated carbocycles. The van der Waals surface area contributed by atoms with Crippen molar-refractivity contribution in [2.45, 2.75) is 60.0 Å². The molecule has 6 nitrogen and oxygen atoms in total. The third-order valence-electron chi connectivity index (χ3n) is 6.04. The van der Waals surface area contributed by atoms with Crippen LogP contribution in [0.1, 0.15) is 61.2 Å². The predicted molar refractivity (Wildman–Crippen MR) is 123 cm³/mol. The molecule has 0 bridgehead atoms. The maximum absolute atomic E-state index is 13.9. The number of aryl methyl sites for hydroxylation is 3. The molecule has 0 amide bonds. The van der Waals surface area contributed by atoms with Crippen LogP contribution in [-0.2, 0) is 6.54 Å². The second-order valence-corrected chi connectivity index (χ2v) is 8.56. The van der Waals surface area contributed by atoms with Crippen LogP contribution < -0.4 is 10.6 Å². The molecule has 2 aromatic rings. The van der Waals surface area contributed by atoms with Crippen molar-refractivity contribution < 1.29 is 8.81 Å². The Morgan fingerprint density at radius 3 is 2.65 bits per heavy atom. The molecule has 1 aromatic heterocycles. The van der Waals surface area contributed by atoms with E-state index >= 15 is 0 Å². The SMILES string of the molecule is CCNC(=NCC1CCN(Cc2nc(C)c(C)o2)CC1)NC(C)c1ccc(C)c(F)c1. The Morgan fingerprint density at radius 2 is 2.03 bits per heavy atom. The summed E-state index contributed by atoms with van der Waals surface area (Å²) in [5.41, 5.74) is 2.56. The molecule has 1 aromatic carbocycles. The molecular formula is C24H36FN5O. The van der Waals surface area contributed by atoms with E-state index in [0.717, 1.165) is 74.4 Å². The fourth-order valence-corrected chi connectivity index (χ4v) is 3.83. The Labute approximate surface area is 185 Å². The van der Waals surface area contributed by atoms with Crippen molar-refractivity contribution in [2.75, 3.05) is 26.2 Å². The predicted octanol–water partition coefficient (Wildman–Crippen LogP) is 4.27. The monoisotopic (exact) mass is 429 g/mol. The van der Waals surface area contributed by atoms with E-state index in [1.54, 1.807) is 13.0 Å². The summed E-state index contributed by atoms with van der Waals surface area (Å²) in [5.74, 6) is 2.89. The lowest BCUT2D eigenvalue weighted by molar-refractivity contribution is 0.166. The van der Waals surface area contributed by atoms with Gasteiger partial charge in [0.15, 0.2) is 5.96 Å². The topological polar surface area (TPSA) is 65.7 Å². The molecular weight excluding hydrogens is 393 g/mol. The minimum absolute atomic E-state index is 0.0255. The van der Waals surface area contributed by atoms with Crippen LogP contribution in [0.4, 0.5) is 4.39 Å². The molecule has 0 spiro atoms. The highest BCUT2D eigenvalue weighted by Gasteiger charge is 2.21. The molecule has 0 radical (unpaired) electrons. The van der Waals surface area contributed by atoms with Crippen LogP contribution in [0.3, 0.4) is 0 Å². The fourth-order valence-electron chi connectivity index (χ4n) is 3.83. The number of oxazole rings is 1. The van der Waals surface area contributed by atoms with Gasteiger partial charge < -0.3 is 15.1 Å². The lowest BCUT2D eigenvalue weighted by atomic mass is 9.97. The minimum Gasteiger partial charge on any atom is -0.444 e. The van der Waals surface area contributed by atoms with E-state index in [1.165, 1.54) is 0 Å². The number of rotatable bonds is 7. The maximum atomic E-state index is 13.9. The molecule has 0 aliphatic carbocycles. The Balaban J connectivity index is 1.50. The average molecular weight is 430 g/mol. The van der Waals surface area contributed by atoms with Gasteiger partial charge in [-0.3, -0.25) is 9.89 Å². The van der Waals surface area contributed by atoms with Crippen LogP contribution in [-0.4, -0.2) is 42.0 Å². The molecule has 1 unspecified atom stereocenters. The van der Waals surface area contributed by atoms with Crippen molar-refractivity contribution in [2.24, 2.45) is 10.9 Å². The summed E-state index contributed by atoms with van der Waals surface area (Å²) in [4.78, 5) is 11.7. The first-order chi connectivity index (χ1) is 14.9. The first-order valence-corrected chi connectivity index (χ1v) is 11.3. The number of guanidine groups is 1. The molecule has 3 rings (SSSR count). The lowest BCUT2D eigenvalue weighted by Gasteiger charge is -2.30. The first-order valence-electron chi connectivity index (χ1n) is 11.3. The zero-order chi connectivity index (χ0) is 22.4. The summed E-state index contributed by atoms with van der Waals surface area (Å²) in [6.45, 7) is 14.2. The van der Waals surface area contributed by atoms with Crippen molar-refractivity contribution in [1.29, 1.82) is 0 Å². The highest BCUT2D eigenvalue weighted by molar-refractivity contribution is 5.80. The summed E-state index contributed by atoms with van der Waals surface area (Å²) in [6, 6.07) is 5.36. The van der Waals surface area contributed by atoms with Gasteiger partial charge in [0, 0.05) is 13.1 Å². The third-order valence-corrected chi connectivity index (χ3v) is 6.04. The van der Waals surface area contributed by atoms with Gasteiger partial charge in [0.2, 0.25) is 5.89 Å². The van der Waals surface area contributed by atoms with Crippen molar-refractivity contribution >= 4 is 5.96 Å². The number of nitrogens with zero attached hydrogens (tertiary/aromatic N) is 3. The third kappa shape index (κ3) is 6.53. The minimum atomic E-state index is -0.171. The quantitative estimate of drug-likeness (QED) is 0.508. The molecule has 1 aliphatic rings. The van der Waals surface area contributed by atoms with Crippen molar-refractivity contribution in [3.63, 3.8) is 0 Å². The Bertz CT molecular complexity index is 867. The van der Waals surface area contributed by atoms with Gasteiger partial charge in [-0.1, -0.05) is 12.1 Å². The van der Waals surface area contributed by atoms with E-state index in [1.807, 2.05) is 32.9 Å². The van der Waals surface area contributed by atoms with E-state index in [-0.39, 0.29) is 11.9 Å². The summed E-state index contributed by atoms with van der Waals surface area (Å²) in [5, 5.41) is 6.72. The largest absolute Gasteiger partial charge is 0.444 e. The van der Waals surface area contributed by atoms with Crippen LogP contribution in [0.2, 0.25) is 0 Å². The second-order valence-electron chi connectivity index (χ2n) is 8.56. The highest BCUT2D eigenvalue weighted by atomic mass is 19.1. The van der Waals surface area contributed by atoms with Crippen molar-refractivity contribution in [1.82, 2.24) is 20.5 Å². The standard InChI is InChI=1S/C24H36FN5O/c1-6-26-24(29-18(4)21-8-7-16(2)22(25)13-21)27-14-20-9-11-30(12-10-20)15-23-28-17(3)19(5)31-23/h7-8,13,18,20H,6,9-12,14-15H2,1-5H3,(H2,26,27,29). The molecule has 170 valence electrons. The molecule has 31 heavy (non-hydrogen) atoms. The average Bonchev–Trinajstić information content (AvgIpc) is 3.06. The first kappa shape index (κ1) is 23.3. The normalized spacial score (nSPS) is 17.0. The van der Waals surface area contributed by atoms with E-state index in [4.69, 9.17) is 9.41 Å². The zero-order valence-electron chi connectivity index (χ0n) is 19.5. The van der Waals surface area contributed by atoms with Crippen LogP contribution in [0.5, 0.6) is 0 Å². The zero-order valence-corrected chi connectivity index (χ0v) is 19.5. The van der Waals surface area contributed by atoms with E-state index < -0.39 is 0 Å². The summed E-state index contributed by atoms with van der Waals surface area (Å²) < 4.78 is 19.6. The highest BCUT2D eigenvalue weighted by Crippen LogP contribution is 2.20. The van der Waals surface area contributed by atoms with Crippen LogP contribution in [0.25, 0.3) is 0 Å². The van der Waals surface area contributed by atoms with Gasteiger partial charge in [0.05, 0.1) is 18.3 Å². The van der Waals surface area contributed by atoms with Gasteiger partial charge in [-0.25, -0.2) is 9.37 Å². The van der Waals surface area contributed by atoms with Crippen molar-refractivity contribution in [3.8, 4) is 0 Å². The number of hydrogen-bond acceptors (Lipinski definition) is 4. The summed E-state index contributed by atoms with van der Waals surface area (Å²) in [6.07, 6.45) is 2.22. The number of hydrogen-bond donors (Lipinski definition) is 2. The number of likely N-dealkylation sites (tertiary alicyclic amines) is 1. The number of nitrogens with one attached hydrogen (secondary N) is 2. The van der Waals surface area contributed by atoms with Gasteiger partial charge in [-0.2, -0.15) is 0 Å². The van der Waals surface area contributed by atoms with Gasteiger partial charge >= 0.3 is 0 Å². The molecule has 2 heterocycles. The maximum Gasteiger partial charge on any atom is 0.208 e. The molecule has 7 heteroatoms. The number of aromatic nitrogens is 1. The summed E-state index contributed by atoms with van der Waals surface area (Å²) in [7, 11) is 0. The van der Waals surface area contributed by atoms with Crippen LogP contribution in [0.15, 0.2) is 27.6 Å². The van der Waals surface area contributed by atoms with E-state index in [0.29, 0.717) is 11.5 Å².